The minimum absolute atomic E-state index is 0.0158. The molecule has 0 unspecified atom stereocenters. The number of para-hydroxylation sites is 1. The third kappa shape index (κ3) is 4.46. The van der Waals surface area contributed by atoms with Crippen LogP contribution in [-0.4, -0.2) is 17.4 Å². The van der Waals surface area contributed by atoms with E-state index in [-0.39, 0.29) is 11.9 Å². The first-order valence-electron chi connectivity index (χ1n) is 9.13. The van der Waals surface area contributed by atoms with Crippen LogP contribution in [-0.2, 0) is 6.54 Å². The lowest BCUT2D eigenvalue weighted by atomic mass is 10.1. The molecule has 26 heavy (non-hydrogen) atoms. The molecule has 0 spiro atoms. The Morgan fingerprint density at radius 2 is 1.92 bits per heavy atom. The van der Waals surface area contributed by atoms with Gasteiger partial charge in [-0.15, -0.1) is 0 Å². The first kappa shape index (κ1) is 18.1. The summed E-state index contributed by atoms with van der Waals surface area (Å²) < 4.78 is 0. The predicted molar refractivity (Wildman–Crippen MR) is 106 cm³/mol. The normalized spacial score (nSPS) is 12.1. The zero-order valence-electron chi connectivity index (χ0n) is 15.3. The van der Waals surface area contributed by atoms with E-state index in [1.54, 1.807) is 0 Å². The third-order valence-corrected chi connectivity index (χ3v) is 4.40. The average Bonchev–Trinajstić information content (AvgIpc) is 2.70. The van der Waals surface area contributed by atoms with Crippen LogP contribution >= 0.6 is 0 Å². The fourth-order valence-corrected chi connectivity index (χ4v) is 2.86. The molecule has 1 aromatic heterocycles. The van der Waals surface area contributed by atoms with Crippen molar-refractivity contribution in [2.24, 2.45) is 0 Å². The third-order valence-electron chi connectivity index (χ3n) is 4.40. The van der Waals surface area contributed by atoms with Gasteiger partial charge < -0.3 is 10.6 Å². The first-order valence-corrected chi connectivity index (χ1v) is 9.13. The van der Waals surface area contributed by atoms with Gasteiger partial charge in [-0.05, 0) is 43.2 Å². The van der Waals surface area contributed by atoms with Crippen LogP contribution in [0.1, 0.15) is 47.9 Å². The van der Waals surface area contributed by atoms with Crippen molar-refractivity contribution in [3.05, 3.63) is 77.5 Å². The Labute approximate surface area is 154 Å². The van der Waals surface area contributed by atoms with Crippen LogP contribution in [0.4, 0.5) is 0 Å². The summed E-state index contributed by atoms with van der Waals surface area (Å²) >= 11 is 0. The van der Waals surface area contributed by atoms with Crippen LogP contribution in [0.2, 0.25) is 0 Å². The van der Waals surface area contributed by atoms with Gasteiger partial charge in [0.25, 0.3) is 5.91 Å². The van der Waals surface area contributed by atoms with Gasteiger partial charge >= 0.3 is 0 Å². The number of carbonyl (C=O) groups is 1. The number of fused-ring (bicyclic) bond motifs is 1. The zero-order chi connectivity index (χ0) is 18.4. The Bertz CT molecular complexity index is 891. The van der Waals surface area contributed by atoms with E-state index in [9.17, 15) is 4.79 Å². The van der Waals surface area contributed by atoms with Gasteiger partial charge in [0.2, 0.25) is 0 Å². The minimum atomic E-state index is -0.0158. The molecule has 2 N–H and O–H groups in total. The minimum Gasteiger partial charge on any atom is -0.352 e. The fourth-order valence-electron chi connectivity index (χ4n) is 2.86. The maximum Gasteiger partial charge on any atom is 0.251 e. The van der Waals surface area contributed by atoms with Gasteiger partial charge in [-0.2, -0.15) is 0 Å². The standard InChI is InChI=1S/C22H25N3O/c1-3-13-23-22(26)19-9-6-7-17(14-19)15-24-16(2)20-12-11-18-8-4-5-10-21(18)25-20/h4-12,14,16,24H,3,13,15H2,1-2H3,(H,23,26)/t16-/m0/s1. The number of amides is 1. The van der Waals surface area contributed by atoms with E-state index in [0.29, 0.717) is 18.7 Å². The highest BCUT2D eigenvalue weighted by molar-refractivity contribution is 5.94. The molecule has 4 heteroatoms. The van der Waals surface area contributed by atoms with E-state index in [2.05, 4.69) is 35.8 Å². The van der Waals surface area contributed by atoms with E-state index in [4.69, 9.17) is 4.98 Å². The van der Waals surface area contributed by atoms with Crippen molar-refractivity contribution in [1.29, 1.82) is 0 Å². The fraction of sp³-hybridized carbons (Fsp3) is 0.273. The van der Waals surface area contributed by atoms with Gasteiger partial charge in [-0.25, -0.2) is 0 Å². The monoisotopic (exact) mass is 347 g/mol. The summed E-state index contributed by atoms with van der Waals surface area (Å²) in [6, 6.07) is 20.2. The molecule has 3 rings (SSSR count). The van der Waals surface area contributed by atoms with Crippen molar-refractivity contribution >= 4 is 16.8 Å². The number of nitrogens with zero attached hydrogens (tertiary/aromatic N) is 1. The number of benzene rings is 2. The molecule has 0 radical (unpaired) electrons. The van der Waals surface area contributed by atoms with Crippen molar-refractivity contribution in [3.8, 4) is 0 Å². The van der Waals surface area contributed by atoms with Gasteiger partial charge in [0, 0.05) is 30.1 Å². The first-order chi connectivity index (χ1) is 12.7. The zero-order valence-corrected chi connectivity index (χ0v) is 15.3. The van der Waals surface area contributed by atoms with Crippen molar-refractivity contribution in [1.82, 2.24) is 15.6 Å². The number of aromatic nitrogens is 1. The predicted octanol–water partition coefficient (Wildman–Crippen LogP) is 4.23. The Morgan fingerprint density at radius 3 is 2.77 bits per heavy atom. The second-order valence-electron chi connectivity index (χ2n) is 6.49. The SMILES string of the molecule is CCCNC(=O)c1cccc(CN[C@@H](C)c2ccc3ccccc3n2)c1. The number of nitrogens with one attached hydrogen (secondary N) is 2. The molecule has 3 aromatic rings. The molecule has 0 fully saturated rings. The number of hydrogen-bond acceptors (Lipinski definition) is 3. The van der Waals surface area contributed by atoms with Crippen LogP contribution < -0.4 is 10.6 Å². The lowest BCUT2D eigenvalue weighted by molar-refractivity contribution is 0.0953. The summed E-state index contributed by atoms with van der Waals surface area (Å²) in [5.74, 6) is -0.0158. The van der Waals surface area contributed by atoms with E-state index < -0.39 is 0 Å². The van der Waals surface area contributed by atoms with Gasteiger partial charge in [0.05, 0.1) is 11.2 Å². The molecule has 1 atom stereocenters. The van der Waals surface area contributed by atoms with Crippen molar-refractivity contribution in [2.45, 2.75) is 32.9 Å². The van der Waals surface area contributed by atoms with E-state index in [0.717, 1.165) is 28.6 Å². The maximum absolute atomic E-state index is 12.1. The summed E-state index contributed by atoms with van der Waals surface area (Å²) in [6.45, 7) is 5.54. The summed E-state index contributed by atoms with van der Waals surface area (Å²) in [5, 5.41) is 7.56. The molecule has 0 aliphatic heterocycles. The average molecular weight is 347 g/mol. The largest absolute Gasteiger partial charge is 0.352 e. The number of pyridine rings is 1. The quantitative estimate of drug-likeness (QED) is 0.673. The van der Waals surface area contributed by atoms with Crippen LogP contribution in [0.25, 0.3) is 10.9 Å². The Balaban J connectivity index is 1.65. The van der Waals surface area contributed by atoms with Crippen molar-refractivity contribution in [2.75, 3.05) is 6.54 Å². The molecule has 2 aromatic carbocycles. The number of rotatable bonds is 7. The number of hydrogen-bond donors (Lipinski definition) is 2. The molecule has 0 aliphatic rings. The van der Waals surface area contributed by atoms with Crippen LogP contribution in [0.15, 0.2) is 60.7 Å². The maximum atomic E-state index is 12.1. The molecule has 134 valence electrons. The van der Waals surface area contributed by atoms with E-state index in [1.807, 2.05) is 49.4 Å². The summed E-state index contributed by atoms with van der Waals surface area (Å²) in [7, 11) is 0. The molecule has 0 bridgehead atoms. The molecular weight excluding hydrogens is 322 g/mol. The number of carbonyl (C=O) groups excluding carboxylic acids is 1. The Morgan fingerprint density at radius 1 is 1.08 bits per heavy atom. The Hall–Kier alpha value is -2.72. The molecule has 0 aliphatic carbocycles. The highest BCUT2D eigenvalue weighted by atomic mass is 16.1. The van der Waals surface area contributed by atoms with Crippen molar-refractivity contribution in [3.63, 3.8) is 0 Å². The molecule has 1 amide bonds. The second kappa shape index (κ2) is 8.59. The van der Waals surface area contributed by atoms with E-state index in [1.165, 1.54) is 0 Å². The highest BCUT2D eigenvalue weighted by Gasteiger charge is 2.09. The summed E-state index contributed by atoms with van der Waals surface area (Å²) in [5.41, 5.74) is 3.81. The molecule has 4 nitrogen and oxygen atoms in total. The second-order valence-corrected chi connectivity index (χ2v) is 6.49. The van der Waals surface area contributed by atoms with E-state index >= 15 is 0 Å². The summed E-state index contributed by atoms with van der Waals surface area (Å²) in [4.78, 5) is 16.8. The summed E-state index contributed by atoms with van der Waals surface area (Å²) in [6.07, 6.45) is 0.934. The highest BCUT2D eigenvalue weighted by Crippen LogP contribution is 2.17. The topological polar surface area (TPSA) is 54.0 Å². The van der Waals surface area contributed by atoms with Gasteiger partial charge in [0.15, 0.2) is 0 Å². The van der Waals surface area contributed by atoms with Gasteiger partial charge in [0.1, 0.15) is 0 Å². The van der Waals surface area contributed by atoms with Crippen LogP contribution in [0.5, 0.6) is 0 Å². The van der Waals surface area contributed by atoms with Crippen LogP contribution in [0, 0.1) is 0 Å². The lowest BCUT2D eigenvalue weighted by Crippen LogP contribution is -2.24. The smallest absolute Gasteiger partial charge is 0.251 e. The molecular formula is C22H25N3O. The molecule has 1 heterocycles. The van der Waals surface area contributed by atoms with Crippen LogP contribution in [0.3, 0.4) is 0 Å². The molecule has 0 saturated carbocycles. The van der Waals surface area contributed by atoms with Gasteiger partial charge in [-0.3, -0.25) is 9.78 Å². The van der Waals surface area contributed by atoms with Gasteiger partial charge in [-0.1, -0.05) is 43.3 Å². The molecule has 0 saturated heterocycles. The lowest BCUT2D eigenvalue weighted by Gasteiger charge is -2.14. The van der Waals surface area contributed by atoms with Crippen molar-refractivity contribution < 1.29 is 4.79 Å². The Kier molecular flexibility index (Phi) is 5.97.